The Kier molecular flexibility index (Phi) is 4.19. The lowest BCUT2D eigenvalue weighted by Gasteiger charge is -2.06. The lowest BCUT2D eigenvalue weighted by atomic mass is 10.2. The highest BCUT2D eigenvalue weighted by molar-refractivity contribution is 9.10. The summed E-state index contributed by atoms with van der Waals surface area (Å²) in [6.45, 7) is 5.89. The van der Waals surface area contributed by atoms with Crippen molar-refractivity contribution < 1.29 is 0 Å². The van der Waals surface area contributed by atoms with E-state index in [-0.39, 0.29) is 0 Å². The number of benzene rings is 1. The van der Waals surface area contributed by atoms with E-state index in [1.54, 1.807) is 0 Å². The number of halogens is 1. The molecule has 2 rings (SSSR count). The Bertz CT molecular complexity index is 529. The second-order valence-electron chi connectivity index (χ2n) is 4.46. The molecule has 0 bridgehead atoms. The van der Waals surface area contributed by atoms with Crippen LogP contribution < -0.4 is 5.32 Å². The minimum absolute atomic E-state index is 0.823. The summed E-state index contributed by atoms with van der Waals surface area (Å²) in [5.41, 5.74) is 4.91. The average molecular weight is 308 g/mol. The molecule has 0 unspecified atom stereocenters. The summed E-state index contributed by atoms with van der Waals surface area (Å²) in [4.78, 5) is 0. The van der Waals surface area contributed by atoms with Crippen LogP contribution in [0.25, 0.3) is 0 Å². The Labute approximate surface area is 116 Å². The molecule has 4 heteroatoms. The highest BCUT2D eigenvalue weighted by Gasteiger charge is 2.10. The van der Waals surface area contributed by atoms with Crippen LogP contribution in [0.15, 0.2) is 28.7 Å². The first-order valence-electron chi connectivity index (χ1n) is 6.03. The Morgan fingerprint density at radius 1 is 1.22 bits per heavy atom. The van der Waals surface area contributed by atoms with Gasteiger partial charge < -0.3 is 5.32 Å². The van der Waals surface area contributed by atoms with Crippen LogP contribution in [0.5, 0.6) is 0 Å². The number of rotatable bonds is 4. The van der Waals surface area contributed by atoms with Crippen molar-refractivity contribution in [1.82, 2.24) is 15.1 Å². The van der Waals surface area contributed by atoms with Gasteiger partial charge >= 0.3 is 0 Å². The van der Waals surface area contributed by atoms with Crippen molar-refractivity contribution in [2.75, 3.05) is 7.05 Å². The van der Waals surface area contributed by atoms with Crippen LogP contribution in [-0.4, -0.2) is 16.8 Å². The third-order valence-electron chi connectivity index (χ3n) is 3.13. The fraction of sp³-hybridized carbons (Fsp3) is 0.357. The number of aromatic nitrogens is 2. The maximum absolute atomic E-state index is 4.61. The topological polar surface area (TPSA) is 29.9 Å². The smallest absolute Gasteiger partial charge is 0.0662 e. The van der Waals surface area contributed by atoms with Crippen LogP contribution in [0, 0.1) is 13.8 Å². The van der Waals surface area contributed by atoms with Gasteiger partial charge in [0.1, 0.15) is 0 Å². The SMILES string of the molecule is CNCc1c(C)nn(Cc2ccc(Br)cc2)c1C. The molecule has 96 valence electrons. The zero-order valence-corrected chi connectivity index (χ0v) is 12.6. The molecule has 0 saturated carbocycles. The molecule has 1 heterocycles. The minimum Gasteiger partial charge on any atom is -0.316 e. The molecule has 0 atom stereocenters. The molecule has 0 radical (unpaired) electrons. The molecule has 1 aromatic heterocycles. The molecule has 0 spiro atoms. The summed E-state index contributed by atoms with van der Waals surface area (Å²) < 4.78 is 3.18. The van der Waals surface area contributed by atoms with Gasteiger partial charge in [-0.25, -0.2) is 0 Å². The van der Waals surface area contributed by atoms with Crippen molar-refractivity contribution >= 4 is 15.9 Å². The summed E-state index contributed by atoms with van der Waals surface area (Å²) >= 11 is 3.45. The minimum atomic E-state index is 0.823. The maximum atomic E-state index is 4.61. The van der Waals surface area contributed by atoms with E-state index in [0.29, 0.717) is 0 Å². The van der Waals surface area contributed by atoms with Crippen molar-refractivity contribution in [3.63, 3.8) is 0 Å². The van der Waals surface area contributed by atoms with Gasteiger partial charge in [-0.2, -0.15) is 5.10 Å². The molecule has 0 aliphatic carbocycles. The summed E-state index contributed by atoms with van der Waals surface area (Å²) in [7, 11) is 1.96. The summed E-state index contributed by atoms with van der Waals surface area (Å²) in [5, 5.41) is 7.80. The molecule has 0 aliphatic rings. The zero-order chi connectivity index (χ0) is 13.1. The summed E-state index contributed by atoms with van der Waals surface area (Å²) in [6, 6.07) is 8.38. The van der Waals surface area contributed by atoms with Crippen molar-refractivity contribution in [3.8, 4) is 0 Å². The van der Waals surface area contributed by atoms with Gasteiger partial charge in [0.2, 0.25) is 0 Å². The number of hydrogen-bond donors (Lipinski definition) is 1. The van der Waals surface area contributed by atoms with Gasteiger partial charge in [-0.1, -0.05) is 28.1 Å². The molecular formula is C14H18BrN3. The van der Waals surface area contributed by atoms with E-state index in [9.17, 15) is 0 Å². The fourth-order valence-corrected chi connectivity index (χ4v) is 2.35. The van der Waals surface area contributed by atoms with Gasteiger partial charge in [-0.3, -0.25) is 4.68 Å². The molecule has 0 amide bonds. The lowest BCUT2D eigenvalue weighted by Crippen LogP contribution is -2.08. The van der Waals surface area contributed by atoms with Crippen LogP contribution in [0.1, 0.15) is 22.5 Å². The summed E-state index contributed by atoms with van der Waals surface area (Å²) in [6.07, 6.45) is 0. The van der Waals surface area contributed by atoms with Crippen LogP contribution in [-0.2, 0) is 13.1 Å². The number of hydrogen-bond acceptors (Lipinski definition) is 2. The van der Waals surface area contributed by atoms with Gasteiger partial charge in [0.25, 0.3) is 0 Å². The zero-order valence-electron chi connectivity index (χ0n) is 11.0. The number of nitrogens with one attached hydrogen (secondary N) is 1. The first-order valence-corrected chi connectivity index (χ1v) is 6.83. The van der Waals surface area contributed by atoms with E-state index >= 15 is 0 Å². The highest BCUT2D eigenvalue weighted by Crippen LogP contribution is 2.16. The van der Waals surface area contributed by atoms with Gasteiger partial charge in [0.05, 0.1) is 12.2 Å². The molecule has 0 aliphatic heterocycles. The second-order valence-corrected chi connectivity index (χ2v) is 5.38. The van der Waals surface area contributed by atoms with Gasteiger partial charge in [-0.05, 0) is 38.6 Å². The van der Waals surface area contributed by atoms with Crippen LogP contribution in [0.4, 0.5) is 0 Å². The predicted octanol–water partition coefficient (Wildman–Crippen LogP) is 3.03. The Balaban J connectivity index is 2.24. The van der Waals surface area contributed by atoms with Crippen molar-refractivity contribution in [1.29, 1.82) is 0 Å². The number of aryl methyl sites for hydroxylation is 1. The Morgan fingerprint density at radius 3 is 2.50 bits per heavy atom. The molecule has 1 aromatic carbocycles. The predicted molar refractivity (Wildman–Crippen MR) is 77.7 cm³/mol. The molecule has 3 nitrogen and oxygen atoms in total. The molecule has 0 saturated heterocycles. The normalized spacial score (nSPS) is 10.9. The van der Waals surface area contributed by atoms with Gasteiger partial charge in [0.15, 0.2) is 0 Å². The Morgan fingerprint density at radius 2 is 1.89 bits per heavy atom. The van der Waals surface area contributed by atoms with E-state index in [2.05, 4.69) is 69.1 Å². The van der Waals surface area contributed by atoms with Crippen LogP contribution in [0.2, 0.25) is 0 Å². The van der Waals surface area contributed by atoms with Gasteiger partial charge in [0, 0.05) is 22.3 Å². The maximum Gasteiger partial charge on any atom is 0.0662 e. The molecule has 0 fully saturated rings. The molecule has 18 heavy (non-hydrogen) atoms. The van der Waals surface area contributed by atoms with E-state index in [4.69, 9.17) is 0 Å². The largest absolute Gasteiger partial charge is 0.316 e. The summed E-state index contributed by atoms with van der Waals surface area (Å²) in [5.74, 6) is 0. The first kappa shape index (κ1) is 13.3. The van der Waals surface area contributed by atoms with E-state index in [0.717, 1.165) is 23.3 Å². The van der Waals surface area contributed by atoms with Crippen molar-refractivity contribution in [2.45, 2.75) is 26.9 Å². The molecule has 2 aromatic rings. The first-order chi connectivity index (χ1) is 8.61. The fourth-order valence-electron chi connectivity index (χ4n) is 2.08. The quantitative estimate of drug-likeness (QED) is 0.941. The lowest BCUT2D eigenvalue weighted by molar-refractivity contribution is 0.657. The molecule has 1 N–H and O–H groups in total. The Hall–Kier alpha value is -1.13. The van der Waals surface area contributed by atoms with Crippen molar-refractivity contribution in [2.24, 2.45) is 0 Å². The van der Waals surface area contributed by atoms with E-state index < -0.39 is 0 Å². The number of nitrogens with zero attached hydrogens (tertiary/aromatic N) is 2. The van der Waals surface area contributed by atoms with E-state index in [1.165, 1.54) is 16.8 Å². The second kappa shape index (κ2) is 5.67. The van der Waals surface area contributed by atoms with Gasteiger partial charge in [-0.15, -0.1) is 0 Å². The van der Waals surface area contributed by atoms with Crippen LogP contribution in [0.3, 0.4) is 0 Å². The van der Waals surface area contributed by atoms with E-state index in [1.807, 2.05) is 7.05 Å². The third-order valence-corrected chi connectivity index (χ3v) is 3.66. The molecular weight excluding hydrogens is 290 g/mol. The standard InChI is InChI=1S/C14H18BrN3/c1-10-14(8-16-3)11(2)18(17-10)9-12-4-6-13(15)7-5-12/h4-7,16H,8-9H2,1-3H3. The third kappa shape index (κ3) is 2.82. The highest BCUT2D eigenvalue weighted by atomic mass is 79.9. The average Bonchev–Trinajstić information content (AvgIpc) is 2.60. The monoisotopic (exact) mass is 307 g/mol. The van der Waals surface area contributed by atoms with Crippen LogP contribution >= 0.6 is 15.9 Å². The van der Waals surface area contributed by atoms with Crippen molar-refractivity contribution in [3.05, 3.63) is 51.3 Å².